The van der Waals surface area contributed by atoms with Crippen molar-refractivity contribution in [2.45, 2.75) is 51.6 Å². The van der Waals surface area contributed by atoms with Crippen LogP contribution in [0, 0.1) is 11.3 Å². The molecule has 0 radical (unpaired) electrons. The Balaban J connectivity index is 1.84. The smallest absolute Gasteiger partial charge is 0.155 e. The Bertz CT molecular complexity index is 365. The van der Waals surface area contributed by atoms with Crippen molar-refractivity contribution in [3.8, 4) is 0 Å². The van der Waals surface area contributed by atoms with E-state index in [1.165, 1.54) is 18.4 Å². The molecule has 3 aliphatic rings. The minimum absolute atomic E-state index is 0.128. The van der Waals surface area contributed by atoms with Gasteiger partial charge in [-0.2, -0.15) is 0 Å². The van der Waals surface area contributed by atoms with Crippen molar-refractivity contribution in [3.63, 3.8) is 0 Å². The van der Waals surface area contributed by atoms with Crippen molar-refractivity contribution in [3.05, 3.63) is 11.6 Å². The normalized spacial score (nSPS) is 47.2. The van der Waals surface area contributed by atoms with Crippen LogP contribution in [-0.4, -0.2) is 18.0 Å². The van der Waals surface area contributed by atoms with Crippen molar-refractivity contribution in [2.75, 3.05) is 6.61 Å². The highest BCUT2D eigenvalue weighted by molar-refractivity contribution is 5.91. The van der Waals surface area contributed by atoms with E-state index in [4.69, 9.17) is 4.74 Å². The van der Waals surface area contributed by atoms with E-state index in [-0.39, 0.29) is 5.60 Å². The molecule has 3 atom stereocenters. The first-order valence-electron chi connectivity index (χ1n) is 6.40. The number of ketones is 1. The number of fused-ring (bicyclic) bond motifs is 1. The molecule has 1 heterocycles. The lowest BCUT2D eigenvalue weighted by Crippen LogP contribution is -2.35. The zero-order chi connectivity index (χ0) is 11.4. The lowest BCUT2D eigenvalue weighted by atomic mass is 9.61. The first kappa shape index (κ1) is 10.5. The molecule has 2 aliphatic carbocycles. The molecule has 1 saturated heterocycles. The van der Waals surface area contributed by atoms with Crippen molar-refractivity contribution in [2.24, 2.45) is 11.3 Å². The summed E-state index contributed by atoms with van der Waals surface area (Å²) >= 11 is 0. The van der Waals surface area contributed by atoms with Gasteiger partial charge in [0.2, 0.25) is 0 Å². The standard InChI is InChI=1S/C14H20O2/c1-13-5-3-10(14(2)9-16-14)7-11(13)8-12(15)4-6-13/h8,10H,3-7,9H2,1-2H3/t10?,13-,14?/m1/s1. The third kappa shape index (κ3) is 1.55. The van der Waals surface area contributed by atoms with E-state index in [0.29, 0.717) is 17.1 Å². The van der Waals surface area contributed by atoms with Gasteiger partial charge in [-0.05, 0) is 50.0 Å². The number of rotatable bonds is 1. The molecule has 0 aromatic carbocycles. The van der Waals surface area contributed by atoms with Crippen molar-refractivity contribution in [1.82, 2.24) is 0 Å². The second kappa shape index (κ2) is 3.19. The number of carbonyl (C=O) groups is 1. The maximum absolute atomic E-state index is 11.5. The van der Waals surface area contributed by atoms with Gasteiger partial charge < -0.3 is 4.74 Å². The Kier molecular flexibility index (Phi) is 2.10. The summed E-state index contributed by atoms with van der Waals surface area (Å²) in [5.74, 6) is 0.965. The fourth-order valence-corrected chi connectivity index (χ4v) is 3.32. The van der Waals surface area contributed by atoms with Gasteiger partial charge in [0.05, 0.1) is 12.2 Å². The van der Waals surface area contributed by atoms with Crippen molar-refractivity contribution < 1.29 is 9.53 Å². The van der Waals surface area contributed by atoms with Gasteiger partial charge in [0.15, 0.2) is 5.78 Å². The highest BCUT2D eigenvalue weighted by atomic mass is 16.6. The second-order valence-corrected chi connectivity index (χ2v) is 6.24. The predicted molar refractivity (Wildman–Crippen MR) is 62.1 cm³/mol. The minimum atomic E-state index is 0.128. The van der Waals surface area contributed by atoms with Crippen LogP contribution in [0.15, 0.2) is 11.6 Å². The Morgan fingerprint density at radius 2 is 2.12 bits per heavy atom. The molecule has 2 heteroatoms. The zero-order valence-corrected chi connectivity index (χ0v) is 10.2. The van der Waals surface area contributed by atoms with Gasteiger partial charge in [0.1, 0.15) is 0 Å². The van der Waals surface area contributed by atoms with Crippen molar-refractivity contribution >= 4 is 5.78 Å². The van der Waals surface area contributed by atoms with Crippen LogP contribution in [-0.2, 0) is 9.53 Å². The number of hydrogen-bond acceptors (Lipinski definition) is 2. The molecule has 1 saturated carbocycles. The highest BCUT2D eigenvalue weighted by Gasteiger charge is 2.50. The number of ether oxygens (including phenoxy) is 1. The third-order valence-electron chi connectivity index (χ3n) is 5.01. The second-order valence-electron chi connectivity index (χ2n) is 6.24. The van der Waals surface area contributed by atoms with Gasteiger partial charge in [-0.1, -0.05) is 12.5 Å². The lowest BCUT2D eigenvalue weighted by molar-refractivity contribution is -0.116. The fourth-order valence-electron chi connectivity index (χ4n) is 3.32. The molecule has 2 unspecified atom stereocenters. The number of allylic oxidation sites excluding steroid dienone is 2. The minimum Gasteiger partial charge on any atom is -0.370 e. The zero-order valence-electron chi connectivity index (χ0n) is 10.2. The predicted octanol–water partition coefficient (Wildman–Crippen LogP) is 2.87. The molecule has 0 aromatic rings. The molecule has 2 fully saturated rings. The van der Waals surface area contributed by atoms with E-state index in [0.717, 1.165) is 25.9 Å². The quantitative estimate of drug-likeness (QED) is 0.636. The molecule has 1 aliphatic heterocycles. The summed E-state index contributed by atoms with van der Waals surface area (Å²) in [6.45, 7) is 5.46. The SMILES string of the molecule is CC1(C2CC[C@]3(C)CCC(=O)C=C3C2)CO1. The molecule has 0 aromatic heterocycles. The van der Waals surface area contributed by atoms with E-state index in [1.807, 2.05) is 6.08 Å². The van der Waals surface area contributed by atoms with Gasteiger partial charge in [0.25, 0.3) is 0 Å². The van der Waals surface area contributed by atoms with Gasteiger partial charge in [0, 0.05) is 6.42 Å². The summed E-state index contributed by atoms with van der Waals surface area (Å²) in [5, 5.41) is 0. The van der Waals surface area contributed by atoms with Gasteiger partial charge >= 0.3 is 0 Å². The van der Waals surface area contributed by atoms with E-state index < -0.39 is 0 Å². The Morgan fingerprint density at radius 3 is 2.81 bits per heavy atom. The fraction of sp³-hybridized carbons (Fsp3) is 0.786. The van der Waals surface area contributed by atoms with Crippen LogP contribution in [0.5, 0.6) is 0 Å². The number of hydrogen-bond donors (Lipinski definition) is 0. The summed E-state index contributed by atoms with van der Waals surface area (Å²) < 4.78 is 5.56. The molecule has 0 bridgehead atoms. The lowest BCUT2D eigenvalue weighted by Gasteiger charge is -2.43. The highest BCUT2D eigenvalue weighted by Crippen LogP contribution is 2.53. The van der Waals surface area contributed by atoms with E-state index in [2.05, 4.69) is 13.8 Å². The maximum Gasteiger partial charge on any atom is 0.155 e. The average Bonchev–Trinajstić information content (AvgIpc) is 2.98. The van der Waals surface area contributed by atoms with E-state index >= 15 is 0 Å². The van der Waals surface area contributed by atoms with Gasteiger partial charge in [-0.3, -0.25) is 4.79 Å². The largest absolute Gasteiger partial charge is 0.370 e. The van der Waals surface area contributed by atoms with Crippen LogP contribution in [0.4, 0.5) is 0 Å². The van der Waals surface area contributed by atoms with Crippen LogP contribution >= 0.6 is 0 Å². The summed E-state index contributed by atoms with van der Waals surface area (Å²) in [7, 11) is 0. The molecule has 88 valence electrons. The number of epoxide rings is 1. The first-order chi connectivity index (χ1) is 7.52. The van der Waals surface area contributed by atoms with Crippen LogP contribution in [0.1, 0.15) is 46.0 Å². The van der Waals surface area contributed by atoms with Crippen LogP contribution < -0.4 is 0 Å². The average molecular weight is 220 g/mol. The monoisotopic (exact) mass is 220 g/mol. The van der Waals surface area contributed by atoms with Crippen LogP contribution in [0.25, 0.3) is 0 Å². The molecule has 0 spiro atoms. The molecule has 0 amide bonds. The summed E-state index contributed by atoms with van der Waals surface area (Å²) in [4.78, 5) is 11.5. The molecule has 16 heavy (non-hydrogen) atoms. The first-order valence-corrected chi connectivity index (χ1v) is 6.40. The topological polar surface area (TPSA) is 29.6 Å². The Hall–Kier alpha value is -0.630. The number of carbonyl (C=O) groups excluding carboxylic acids is 1. The van der Waals surface area contributed by atoms with Crippen LogP contribution in [0.3, 0.4) is 0 Å². The molecule has 3 rings (SSSR count). The Labute approximate surface area is 97.1 Å². The summed E-state index contributed by atoms with van der Waals surface area (Å²) in [5.41, 5.74) is 1.84. The molecular weight excluding hydrogens is 200 g/mol. The third-order valence-corrected chi connectivity index (χ3v) is 5.01. The molecule has 0 N–H and O–H groups in total. The van der Waals surface area contributed by atoms with Crippen molar-refractivity contribution in [1.29, 1.82) is 0 Å². The van der Waals surface area contributed by atoms with Gasteiger partial charge in [-0.25, -0.2) is 0 Å². The summed E-state index contributed by atoms with van der Waals surface area (Å²) in [6, 6.07) is 0. The van der Waals surface area contributed by atoms with Crippen LogP contribution in [0.2, 0.25) is 0 Å². The van der Waals surface area contributed by atoms with Gasteiger partial charge in [-0.15, -0.1) is 0 Å². The van der Waals surface area contributed by atoms with E-state index in [9.17, 15) is 4.79 Å². The molecule has 2 nitrogen and oxygen atoms in total. The van der Waals surface area contributed by atoms with E-state index in [1.54, 1.807) is 0 Å². The summed E-state index contributed by atoms with van der Waals surface area (Å²) in [6.07, 6.45) is 7.31. The molecular formula is C14H20O2. The Morgan fingerprint density at radius 1 is 1.38 bits per heavy atom. The maximum atomic E-state index is 11.5.